The van der Waals surface area contributed by atoms with E-state index in [2.05, 4.69) is 34.9 Å². The summed E-state index contributed by atoms with van der Waals surface area (Å²) in [5, 5.41) is 3.48. The highest BCUT2D eigenvalue weighted by Gasteiger charge is 2.23. The van der Waals surface area contributed by atoms with Crippen LogP contribution >= 0.6 is 0 Å². The topological polar surface area (TPSA) is 67.8 Å². The average molecular weight is 234 g/mol. The van der Waals surface area contributed by atoms with Crippen molar-refractivity contribution in [3.63, 3.8) is 0 Å². The molecular formula is C9H18N2O3S. The molecule has 0 bridgehead atoms. The van der Waals surface area contributed by atoms with E-state index in [0.717, 1.165) is 12.8 Å². The predicted molar refractivity (Wildman–Crippen MR) is 58.4 cm³/mol. The van der Waals surface area contributed by atoms with Gasteiger partial charge in [0.25, 0.3) is 0 Å². The first kappa shape index (κ1) is 12.3. The van der Waals surface area contributed by atoms with E-state index in [9.17, 15) is 8.42 Å². The van der Waals surface area contributed by atoms with Gasteiger partial charge in [-0.2, -0.15) is 8.42 Å². The third kappa shape index (κ3) is 4.07. The fourth-order valence-corrected chi connectivity index (χ4v) is 2.26. The van der Waals surface area contributed by atoms with Crippen molar-refractivity contribution in [2.45, 2.75) is 40.0 Å². The fraction of sp³-hybridized carbons (Fsp3) is 0.889. The van der Waals surface area contributed by atoms with Gasteiger partial charge in [0.15, 0.2) is 5.84 Å². The molecule has 1 N–H and O–H groups in total. The van der Waals surface area contributed by atoms with Crippen molar-refractivity contribution in [2.24, 2.45) is 17.0 Å². The molecule has 0 saturated carbocycles. The zero-order valence-corrected chi connectivity index (χ0v) is 10.2. The molecule has 1 rings (SSSR count). The van der Waals surface area contributed by atoms with Crippen molar-refractivity contribution in [1.82, 2.24) is 4.72 Å². The SMILES string of the molecule is CCC(C)CC(C)CC1=NOS(=O)(=O)N1. The Morgan fingerprint density at radius 1 is 1.40 bits per heavy atom. The Labute approximate surface area is 91.1 Å². The molecule has 2 atom stereocenters. The van der Waals surface area contributed by atoms with E-state index in [4.69, 9.17) is 0 Å². The summed E-state index contributed by atoms with van der Waals surface area (Å²) >= 11 is 0. The lowest BCUT2D eigenvalue weighted by Gasteiger charge is -2.14. The van der Waals surface area contributed by atoms with Crippen molar-refractivity contribution in [2.75, 3.05) is 0 Å². The maximum Gasteiger partial charge on any atom is 0.428 e. The summed E-state index contributed by atoms with van der Waals surface area (Å²) in [6.07, 6.45) is 2.82. The number of nitrogens with zero attached hydrogens (tertiary/aromatic N) is 1. The molecule has 0 aromatic heterocycles. The standard InChI is InChI=1S/C9H18N2O3S/c1-4-7(2)5-8(3)6-9-10-14-15(12,13)11-9/h7-8H,4-6H2,1-3H3,(H,10,11). The molecule has 0 spiro atoms. The van der Waals surface area contributed by atoms with Gasteiger partial charge >= 0.3 is 10.3 Å². The van der Waals surface area contributed by atoms with Crippen LogP contribution < -0.4 is 4.72 Å². The van der Waals surface area contributed by atoms with E-state index in [1.54, 1.807) is 0 Å². The van der Waals surface area contributed by atoms with E-state index in [1.807, 2.05) is 0 Å². The minimum Gasteiger partial charge on any atom is -0.250 e. The maximum atomic E-state index is 10.9. The second-order valence-corrected chi connectivity index (χ2v) is 5.49. The number of hydrogen-bond acceptors (Lipinski definition) is 4. The Morgan fingerprint density at radius 3 is 2.53 bits per heavy atom. The van der Waals surface area contributed by atoms with Gasteiger partial charge in [0.1, 0.15) is 0 Å². The van der Waals surface area contributed by atoms with Gasteiger partial charge in [-0.25, -0.2) is 4.72 Å². The molecule has 0 radical (unpaired) electrons. The van der Waals surface area contributed by atoms with Crippen LogP contribution in [0.25, 0.3) is 0 Å². The molecule has 15 heavy (non-hydrogen) atoms. The molecule has 0 aromatic rings. The molecule has 6 heteroatoms. The zero-order valence-electron chi connectivity index (χ0n) is 9.36. The zero-order chi connectivity index (χ0) is 11.5. The first-order valence-corrected chi connectivity index (χ1v) is 6.62. The normalized spacial score (nSPS) is 22.5. The van der Waals surface area contributed by atoms with Crippen molar-refractivity contribution in [1.29, 1.82) is 0 Å². The lowest BCUT2D eigenvalue weighted by Crippen LogP contribution is -2.25. The maximum absolute atomic E-state index is 10.9. The second kappa shape index (κ2) is 4.83. The largest absolute Gasteiger partial charge is 0.428 e. The average Bonchev–Trinajstić information content (AvgIpc) is 2.44. The summed E-state index contributed by atoms with van der Waals surface area (Å²) in [6.45, 7) is 6.42. The number of rotatable bonds is 5. The summed E-state index contributed by atoms with van der Waals surface area (Å²) < 4.78 is 28.2. The molecule has 1 aliphatic rings. The molecule has 0 amide bonds. The van der Waals surface area contributed by atoms with E-state index in [0.29, 0.717) is 24.1 Å². The first-order chi connectivity index (χ1) is 6.93. The van der Waals surface area contributed by atoms with Crippen LogP contribution in [0.3, 0.4) is 0 Å². The van der Waals surface area contributed by atoms with Crippen molar-refractivity contribution in [3.8, 4) is 0 Å². The van der Waals surface area contributed by atoms with Crippen LogP contribution in [0.5, 0.6) is 0 Å². The van der Waals surface area contributed by atoms with Crippen LogP contribution in [0.1, 0.15) is 40.0 Å². The predicted octanol–water partition coefficient (Wildman–Crippen LogP) is 1.63. The van der Waals surface area contributed by atoms with E-state index >= 15 is 0 Å². The summed E-state index contributed by atoms with van der Waals surface area (Å²) in [4.78, 5) is 0. The molecule has 5 nitrogen and oxygen atoms in total. The minimum atomic E-state index is -3.63. The Morgan fingerprint density at radius 2 is 2.07 bits per heavy atom. The van der Waals surface area contributed by atoms with E-state index in [1.165, 1.54) is 0 Å². The van der Waals surface area contributed by atoms with Gasteiger partial charge < -0.3 is 0 Å². The monoisotopic (exact) mass is 234 g/mol. The fourth-order valence-electron chi connectivity index (χ4n) is 1.62. The molecule has 88 valence electrons. The van der Waals surface area contributed by atoms with Crippen LogP contribution in [0.2, 0.25) is 0 Å². The Balaban J connectivity index is 2.37. The molecule has 0 aliphatic carbocycles. The number of amidine groups is 1. The van der Waals surface area contributed by atoms with Gasteiger partial charge in [-0.1, -0.05) is 27.2 Å². The Bertz CT molecular complexity index is 337. The number of hydrogen-bond donors (Lipinski definition) is 1. The third-order valence-electron chi connectivity index (χ3n) is 2.53. The Hall–Kier alpha value is -0.780. The lowest BCUT2D eigenvalue weighted by atomic mass is 9.93. The third-order valence-corrected chi connectivity index (χ3v) is 3.29. The van der Waals surface area contributed by atoms with Crippen molar-refractivity contribution >= 4 is 16.1 Å². The molecule has 1 heterocycles. The second-order valence-electron chi connectivity index (χ2n) is 4.23. The first-order valence-electron chi connectivity index (χ1n) is 5.21. The van der Waals surface area contributed by atoms with E-state index < -0.39 is 10.3 Å². The molecule has 1 aliphatic heterocycles. The Kier molecular flexibility index (Phi) is 3.96. The molecule has 0 fully saturated rings. The summed E-state index contributed by atoms with van der Waals surface area (Å²) in [7, 11) is -3.63. The van der Waals surface area contributed by atoms with Crippen LogP contribution in [0.15, 0.2) is 5.16 Å². The van der Waals surface area contributed by atoms with Crippen molar-refractivity contribution < 1.29 is 12.7 Å². The highest BCUT2D eigenvalue weighted by atomic mass is 32.2. The summed E-state index contributed by atoms with van der Waals surface area (Å²) in [6, 6.07) is 0. The number of oxime groups is 1. The molecule has 0 saturated heterocycles. The molecular weight excluding hydrogens is 216 g/mol. The van der Waals surface area contributed by atoms with Gasteiger partial charge in [-0.15, -0.1) is 0 Å². The smallest absolute Gasteiger partial charge is 0.250 e. The summed E-state index contributed by atoms with van der Waals surface area (Å²) in [5.74, 6) is 1.47. The highest BCUT2D eigenvalue weighted by Crippen LogP contribution is 2.19. The molecule has 0 aromatic carbocycles. The van der Waals surface area contributed by atoms with Crippen LogP contribution in [-0.4, -0.2) is 14.3 Å². The van der Waals surface area contributed by atoms with Gasteiger partial charge in [0.2, 0.25) is 0 Å². The minimum absolute atomic E-state index is 0.406. The van der Waals surface area contributed by atoms with Gasteiger partial charge in [-0.3, -0.25) is 4.28 Å². The highest BCUT2D eigenvalue weighted by molar-refractivity contribution is 7.85. The van der Waals surface area contributed by atoms with Gasteiger partial charge in [0, 0.05) is 6.42 Å². The van der Waals surface area contributed by atoms with Crippen LogP contribution in [0, 0.1) is 11.8 Å². The van der Waals surface area contributed by atoms with Crippen LogP contribution in [-0.2, 0) is 14.6 Å². The molecule has 2 unspecified atom stereocenters. The van der Waals surface area contributed by atoms with Crippen LogP contribution in [0.4, 0.5) is 0 Å². The lowest BCUT2D eigenvalue weighted by molar-refractivity contribution is 0.348. The number of nitrogens with one attached hydrogen (secondary N) is 1. The quantitative estimate of drug-likeness (QED) is 0.786. The van der Waals surface area contributed by atoms with Gasteiger partial charge in [-0.05, 0) is 23.4 Å². The summed E-state index contributed by atoms with van der Waals surface area (Å²) in [5.41, 5.74) is 0. The van der Waals surface area contributed by atoms with Crippen molar-refractivity contribution in [3.05, 3.63) is 0 Å². The van der Waals surface area contributed by atoms with E-state index in [-0.39, 0.29) is 0 Å². The van der Waals surface area contributed by atoms with Gasteiger partial charge in [0.05, 0.1) is 0 Å².